The van der Waals surface area contributed by atoms with Crippen LogP contribution >= 0.6 is 11.6 Å². The molecule has 0 saturated carbocycles. The van der Waals surface area contributed by atoms with E-state index in [1.54, 1.807) is 24.3 Å². The smallest absolute Gasteiger partial charge is 0.274 e. The minimum atomic E-state index is -0.492. The lowest BCUT2D eigenvalue weighted by Gasteiger charge is -2.06. The van der Waals surface area contributed by atoms with E-state index in [2.05, 4.69) is 25.3 Å². The molecule has 27 heavy (non-hydrogen) atoms. The number of hydrogen-bond donors (Lipinski definition) is 3. The van der Waals surface area contributed by atoms with Gasteiger partial charge in [-0.3, -0.25) is 9.59 Å². The molecule has 0 aliphatic carbocycles. The van der Waals surface area contributed by atoms with Crippen molar-refractivity contribution in [3.8, 4) is 0 Å². The van der Waals surface area contributed by atoms with Crippen LogP contribution in [0.25, 0.3) is 11.0 Å². The molecule has 4 aromatic rings. The van der Waals surface area contributed by atoms with Crippen LogP contribution in [0.15, 0.2) is 54.9 Å². The summed E-state index contributed by atoms with van der Waals surface area (Å²) in [6.45, 7) is 0. The average molecular weight is 380 g/mol. The number of nitrogens with one attached hydrogen (secondary N) is 3. The van der Waals surface area contributed by atoms with Crippen molar-refractivity contribution in [1.82, 2.24) is 19.9 Å². The largest absolute Gasteiger partial charge is 0.342 e. The van der Waals surface area contributed by atoms with Gasteiger partial charge in [-0.25, -0.2) is 9.97 Å². The zero-order valence-electron chi connectivity index (χ0n) is 14.0. The van der Waals surface area contributed by atoms with E-state index in [0.717, 1.165) is 11.0 Å². The predicted molar refractivity (Wildman–Crippen MR) is 102 cm³/mol. The zero-order valence-corrected chi connectivity index (χ0v) is 14.7. The van der Waals surface area contributed by atoms with Crippen LogP contribution in [-0.2, 0) is 6.42 Å². The van der Waals surface area contributed by atoms with Crippen LogP contribution in [0.4, 0.5) is 5.69 Å². The SMILES string of the molecule is O=C(Cc1nc2ccccc2[nH]1)c1nc[nH]c1C(=O)Nc1ccccc1Cl. The van der Waals surface area contributed by atoms with Crippen molar-refractivity contribution in [2.45, 2.75) is 6.42 Å². The van der Waals surface area contributed by atoms with Crippen molar-refractivity contribution in [1.29, 1.82) is 0 Å². The lowest BCUT2D eigenvalue weighted by Crippen LogP contribution is -2.18. The zero-order chi connectivity index (χ0) is 18.8. The van der Waals surface area contributed by atoms with Gasteiger partial charge < -0.3 is 15.3 Å². The standard InChI is InChI=1S/C19H14ClN5O2/c20-11-5-1-2-6-12(11)25-19(27)18-17(21-10-22-18)15(26)9-16-23-13-7-3-4-8-14(13)24-16/h1-8,10H,9H2,(H,21,22)(H,23,24)(H,25,27). The fourth-order valence-corrected chi connectivity index (χ4v) is 2.93. The van der Waals surface area contributed by atoms with Gasteiger partial charge in [0, 0.05) is 0 Å². The Labute approximate surface area is 158 Å². The topological polar surface area (TPSA) is 104 Å². The summed E-state index contributed by atoms with van der Waals surface area (Å²) in [6.07, 6.45) is 1.32. The summed E-state index contributed by atoms with van der Waals surface area (Å²) in [5.74, 6) is -0.296. The van der Waals surface area contributed by atoms with E-state index in [0.29, 0.717) is 16.5 Å². The van der Waals surface area contributed by atoms with Gasteiger partial charge in [0.25, 0.3) is 5.91 Å². The molecule has 0 radical (unpaired) electrons. The minimum absolute atomic E-state index is 0.00586. The number of ketones is 1. The Bertz CT molecular complexity index is 1110. The van der Waals surface area contributed by atoms with Crippen molar-refractivity contribution < 1.29 is 9.59 Å². The second kappa shape index (κ2) is 7.05. The molecule has 4 rings (SSSR count). The number of H-pyrrole nitrogens is 2. The van der Waals surface area contributed by atoms with Gasteiger partial charge in [-0.15, -0.1) is 0 Å². The van der Waals surface area contributed by atoms with Gasteiger partial charge in [0.1, 0.15) is 17.2 Å². The van der Waals surface area contributed by atoms with Gasteiger partial charge in [0.05, 0.1) is 34.5 Å². The number of benzene rings is 2. The molecule has 2 heterocycles. The van der Waals surface area contributed by atoms with Gasteiger partial charge in [-0.1, -0.05) is 35.9 Å². The molecule has 3 N–H and O–H groups in total. The van der Waals surface area contributed by atoms with Crippen LogP contribution in [0, 0.1) is 0 Å². The van der Waals surface area contributed by atoms with Gasteiger partial charge in [0.2, 0.25) is 0 Å². The van der Waals surface area contributed by atoms with Crippen molar-refractivity contribution in [2.75, 3.05) is 5.32 Å². The first-order valence-corrected chi connectivity index (χ1v) is 8.55. The first kappa shape index (κ1) is 17.0. The summed E-state index contributed by atoms with van der Waals surface area (Å²) >= 11 is 6.06. The number of nitrogens with zero attached hydrogens (tertiary/aromatic N) is 2. The Morgan fingerprint density at radius 3 is 2.67 bits per heavy atom. The molecule has 2 aromatic heterocycles. The molecule has 0 aliphatic rings. The molecule has 2 aromatic carbocycles. The number of imidazole rings is 2. The number of Topliss-reactive ketones (excluding diaryl/α,β-unsaturated/α-hetero) is 1. The number of para-hydroxylation sites is 3. The highest BCUT2D eigenvalue weighted by Crippen LogP contribution is 2.21. The summed E-state index contributed by atoms with van der Waals surface area (Å²) in [5.41, 5.74) is 2.21. The summed E-state index contributed by atoms with van der Waals surface area (Å²) in [7, 11) is 0. The number of carbonyl (C=O) groups is 2. The van der Waals surface area contributed by atoms with Crippen molar-refractivity contribution >= 4 is 40.0 Å². The minimum Gasteiger partial charge on any atom is -0.342 e. The van der Waals surface area contributed by atoms with Crippen molar-refractivity contribution in [3.63, 3.8) is 0 Å². The highest BCUT2D eigenvalue weighted by molar-refractivity contribution is 6.34. The van der Waals surface area contributed by atoms with Gasteiger partial charge in [0.15, 0.2) is 5.78 Å². The number of aromatic amines is 2. The molecule has 0 fully saturated rings. The van der Waals surface area contributed by atoms with Gasteiger partial charge in [-0.05, 0) is 24.3 Å². The molecule has 0 spiro atoms. The van der Waals surface area contributed by atoms with Crippen LogP contribution in [0.2, 0.25) is 5.02 Å². The first-order valence-electron chi connectivity index (χ1n) is 8.18. The fraction of sp³-hybridized carbons (Fsp3) is 0.0526. The van der Waals surface area contributed by atoms with Crippen LogP contribution in [0.3, 0.4) is 0 Å². The molecule has 0 atom stereocenters. The Morgan fingerprint density at radius 2 is 1.85 bits per heavy atom. The molecule has 8 heteroatoms. The number of hydrogen-bond acceptors (Lipinski definition) is 4. The Morgan fingerprint density at radius 1 is 1.07 bits per heavy atom. The lowest BCUT2D eigenvalue weighted by molar-refractivity contribution is 0.0965. The van der Waals surface area contributed by atoms with E-state index in [4.69, 9.17) is 11.6 Å². The van der Waals surface area contributed by atoms with E-state index >= 15 is 0 Å². The summed E-state index contributed by atoms with van der Waals surface area (Å²) in [4.78, 5) is 39.4. The van der Waals surface area contributed by atoms with Crippen LogP contribution in [0.5, 0.6) is 0 Å². The van der Waals surface area contributed by atoms with Gasteiger partial charge in [-0.2, -0.15) is 0 Å². The molecule has 0 unspecified atom stereocenters. The maximum atomic E-state index is 12.6. The third-order valence-electron chi connectivity index (χ3n) is 4.02. The fourth-order valence-electron chi connectivity index (χ4n) is 2.75. The third kappa shape index (κ3) is 3.45. The van der Waals surface area contributed by atoms with E-state index in [-0.39, 0.29) is 23.6 Å². The second-order valence-electron chi connectivity index (χ2n) is 5.86. The first-order chi connectivity index (χ1) is 13.1. The summed E-state index contributed by atoms with van der Waals surface area (Å²) in [5, 5.41) is 3.08. The summed E-state index contributed by atoms with van der Waals surface area (Å²) in [6, 6.07) is 14.4. The van der Waals surface area contributed by atoms with Crippen LogP contribution in [0.1, 0.15) is 26.8 Å². The molecule has 0 saturated heterocycles. The number of anilines is 1. The van der Waals surface area contributed by atoms with E-state index < -0.39 is 5.91 Å². The molecule has 7 nitrogen and oxygen atoms in total. The molecule has 134 valence electrons. The number of fused-ring (bicyclic) bond motifs is 1. The maximum Gasteiger partial charge on any atom is 0.274 e. The number of rotatable bonds is 5. The van der Waals surface area contributed by atoms with Gasteiger partial charge >= 0.3 is 0 Å². The lowest BCUT2D eigenvalue weighted by atomic mass is 10.1. The molecule has 0 bridgehead atoms. The number of aromatic nitrogens is 4. The third-order valence-corrected chi connectivity index (χ3v) is 4.35. The number of carbonyl (C=O) groups excluding carboxylic acids is 2. The second-order valence-corrected chi connectivity index (χ2v) is 6.27. The van der Waals surface area contributed by atoms with Crippen molar-refractivity contribution in [2.24, 2.45) is 0 Å². The normalized spacial score (nSPS) is 10.9. The Kier molecular flexibility index (Phi) is 4.43. The monoisotopic (exact) mass is 379 g/mol. The Hall–Kier alpha value is -3.45. The van der Waals surface area contributed by atoms with Crippen LogP contribution < -0.4 is 5.32 Å². The van der Waals surface area contributed by atoms with Crippen LogP contribution in [-0.4, -0.2) is 31.6 Å². The maximum absolute atomic E-state index is 12.6. The molecular formula is C19H14ClN5O2. The quantitative estimate of drug-likeness (QED) is 0.461. The average Bonchev–Trinajstić information content (AvgIpc) is 3.29. The Balaban J connectivity index is 1.54. The molecular weight excluding hydrogens is 366 g/mol. The molecule has 1 amide bonds. The number of halogens is 1. The number of amides is 1. The highest BCUT2D eigenvalue weighted by Gasteiger charge is 2.22. The predicted octanol–water partition coefficient (Wildman–Crippen LogP) is 3.62. The highest BCUT2D eigenvalue weighted by atomic mass is 35.5. The summed E-state index contributed by atoms with van der Waals surface area (Å²) < 4.78 is 0. The van der Waals surface area contributed by atoms with E-state index in [9.17, 15) is 9.59 Å². The van der Waals surface area contributed by atoms with E-state index in [1.807, 2.05) is 24.3 Å². The molecule has 0 aliphatic heterocycles. The van der Waals surface area contributed by atoms with E-state index in [1.165, 1.54) is 6.33 Å². The van der Waals surface area contributed by atoms with Crippen molar-refractivity contribution in [3.05, 3.63) is 77.1 Å².